The molecule has 2 N–H and O–H groups in total. The first-order chi connectivity index (χ1) is 9.19. The second-order valence-electron chi connectivity index (χ2n) is 5.95. The van der Waals surface area contributed by atoms with Crippen LogP contribution >= 0.6 is 0 Å². The molecular weight excluding hydrogens is 238 g/mol. The predicted octanol–water partition coefficient (Wildman–Crippen LogP) is 2.46. The van der Waals surface area contributed by atoms with Gasteiger partial charge in [-0.05, 0) is 43.2 Å². The van der Waals surface area contributed by atoms with Crippen molar-refractivity contribution in [3.8, 4) is 0 Å². The average molecular weight is 259 g/mol. The van der Waals surface area contributed by atoms with Crippen molar-refractivity contribution in [3.05, 3.63) is 23.9 Å². The fourth-order valence-corrected chi connectivity index (χ4v) is 3.54. The maximum Gasteiger partial charge on any atom is 0.272 e. The Bertz CT molecular complexity index is 470. The summed E-state index contributed by atoms with van der Waals surface area (Å²) in [6.07, 6.45) is 7.74. The summed E-state index contributed by atoms with van der Waals surface area (Å²) in [7, 11) is 0. The summed E-state index contributed by atoms with van der Waals surface area (Å²) in [5.41, 5.74) is 6.65. The summed E-state index contributed by atoms with van der Waals surface area (Å²) in [4.78, 5) is 18.4. The number of nitrogen functional groups attached to an aromatic ring is 1. The van der Waals surface area contributed by atoms with Gasteiger partial charge in [-0.25, -0.2) is 4.98 Å². The van der Waals surface area contributed by atoms with Crippen molar-refractivity contribution >= 4 is 11.7 Å². The molecule has 102 valence electrons. The lowest BCUT2D eigenvalue weighted by Crippen LogP contribution is -2.42. The molecule has 1 aromatic heterocycles. The molecule has 1 saturated heterocycles. The number of likely N-dealkylation sites (tertiary alicyclic amines) is 1. The zero-order valence-corrected chi connectivity index (χ0v) is 11.3. The molecule has 0 bridgehead atoms. The average Bonchev–Trinajstić information content (AvgIpc) is 2.87. The third-order valence-electron chi connectivity index (χ3n) is 4.77. The minimum Gasteiger partial charge on any atom is -0.384 e. The van der Waals surface area contributed by atoms with Crippen LogP contribution in [0.2, 0.25) is 0 Å². The molecule has 0 atom stereocenters. The van der Waals surface area contributed by atoms with Crippen molar-refractivity contribution in [2.24, 2.45) is 5.41 Å². The number of carbonyl (C=O) groups excluding carboxylic acids is 1. The zero-order valence-electron chi connectivity index (χ0n) is 11.3. The van der Waals surface area contributed by atoms with Gasteiger partial charge < -0.3 is 10.6 Å². The lowest BCUT2D eigenvalue weighted by Gasteiger charge is -2.39. The molecule has 3 rings (SSSR count). The maximum absolute atomic E-state index is 12.4. The summed E-state index contributed by atoms with van der Waals surface area (Å²) in [6.45, 7) is 1.74. The number of piperidine rings is 1. The number of pyridine rings is 1. The van der Waals surface area contributed by atoms with E-state index in [1.165, 1.54) is 25.7 Å². The van der Waals surface area contributed by atoms with E-state index < -0.39 is 0 Å². The van der Waals surface area contributed by atoms with Gasteiger partial charge in [0.05, 0.1) is 0 Å². The molecule has 2 heterocycles. The van der Waals surface area contributed by atoms with Gasteiger partial charge in [0.25, 0.3) is 5.91 Å². The van der Waals surface area contributed by atoms with Crippen molar-refractivity contribution in [2.75, 3.05) is 18.8 Å². The molecular formula is C15H21N3O. The highest BCUT2D eigenvalue weighted by Gasteiger charge is 2.38. The molecule has 0 unspecified atom stereocenters. The summed E-state index contributed by atoms with van der Waals surface area (Å²) < 4.78 is 0. The van der Waals surface area contributed by atoms with Gasteiger partial charge >= 0.3 is 0 Å². The van der Waals surface area contributed by atoms with Gasteiger partial charge in [-0.2, -0.15) is 0 Å². The van der Waals surface area contributed by atoms with E-state index in [0.717, 1.165) is 25.9 Å². The number of hydrogen-bond acceptors (Lipinski definition) is 3. The predicted molar refractivity (Wildman–Crippen MR) is 74.7 cm³/mol. The number of anilines is 1. The van der Waals surface area contributed by atoms with Crippen molar-refractivity contribution in [1.82, 2.24) is 9.88 Å². The Labute approximate surface area is 114 Å². The molecule has 2 fully saturated rings. The van der Waals surface area contributed by atoms with Crippen LogP contribution in [0.5, 0.6) is 0 Å². The van der Waals surface area contributed by atoms with Gasteiger partial charge in [-0.15, -0.1) is 0 Å². The summed E-state index contributed by atoms with van der Waals surface area (Å²) in [5, 5.41) is 0. The number of rotatable bonds is 1. The molecule has 1 amide bonds. The van der Waals surface area contributed by atoms with Crippen molar-refractivity contribution in [3.63, 3.8) is 0 Å². The lowest BCUT2D eigenvalue weighted by atomic mass is 9.77. The Hall–Kier alpha value is -1.58. The third-order valence-corrected chi connectivity index (χ3v) is 4.77. The second kappa shape index (κ2) is 4.83. The largest absolute Gasteiger partial charge is 0.384 e. The number of amides is 1. The normalized spacial score (nSPS) is 21.8. The van der Waals surface area contributed by atoms with E-state index in [1.54, 1.807) is 18.2 Å². The Morgan fingerprint density at radius 2 is 1.84 bits per heavy atom. The topological polar surface area (TPSA) is 59.2 Å². The van der Waals surface area contributed by atoms with Gasteiger partial charge in [0.1, 0.15) is 11.5 Å². The Morgan fingerprint density at radius 1 is 1.16 bits per heavy atom. The second-order valence-corrected chi connectivity index (χ2v) is 5.95. The highest BCUT2D eigenvalue weighted by molar-refractivity contribution is 5.92. The van der Waals surface area contributed by atoms with Gasteiger partial charge in [0.2, 0.25) is 0 Å². The van der Waals surface area contributed by atoms with E-state index in [2.05, 4.69) is 4.98 Å². The highest BCUT2D eigenvalue weighted by Crippen LogP contribution is 2.46. The molecule has 1 aliphatic carbocycles. The van der Waals surface area contributed by atoms with E-state index in [-0.39, 0.29) is 5.91 Å². The first-order valence-corrected chi connectivity index (χ1v) is 7.20. The quantitative estimate of drug-likeness (QED) is 0.842. The number of nitrogens with zero attached hydrogens (tertiary/aromatic N) is 2. The molecule has 1 aromatic rings. The minimum absolute atomic E-state index is 0.0279. The van der Waals surface area contributed by atoms with Crippen LogP contribution in [-0.4, -0.2) is 28.9 Å². The molecule has 1 aliphatic heterocycles. The van der Waals surface area contributed by atoms with Gasteiger partial charge in [0, 0.05) is 13.1 Å². The van der Waals surface area contributed by atoms with Crippen LogP contribution in [0.15, 0.2) is 18.2 Å². The molecule has 19 heavy (non-hydrogen) atoms. The van der Waals surface area contributed by atoms with Gasteiger partial charge in [-0.3, -0.25) is 4.79 Å². The molecule has 0 aromatic carbocycles. The Morgan fingerprint density at radius 3 is 2.47 bits per heavy atom. The van der Waals surface area contributed by atoms with Crippen LogP contribution in [0.25, 0.3) is 0 Å². The first-order valence-electron chi connectivity index (χ1n) is 7.20. The monoisotopic (exact) mass is 259 g/mol. The van der Waals surface area contributed by atoms with Crippen molar-refractivity contribution in [1.29, 1.82) is 0 Å². The van der Waals surface area contributed by atoms with E-state index in [1.807, 2.05) is 4.90 Å². The maximum atomic E-state index is 12.4. The van der Waals surface area contributed by atoms with Crippen molar-refractivity contribution in [2.45, 2.75) is 38.5 Å². The minimum atomic E-state index is 0.0279. The summed E-state index contributed by atoms with van der Waals surface area (Å²) >= 11 is 0. The fraction of sp³-hybridized carbons (Fsp3) is 0.600. The third kappa shape index (κ3) is 2.44. The van der Waals surface area contributed by atoms with Gasteiger partial charge in [-0.1, -0.05) is 18.9 Å². The summed E-state index contributed by atoms with van der Waals surface area (Å²) in [6, 6.07) is 5.25. The Balaban J connectivity index is 1.66. The number of hydrogen-bond donors (Lipinski definition) is 1. The SMILES string of the molecule is Nc1cccc(C(=O)N2CCC3(CCCC3)CC2)n1. The van der Waals surface area contributed by atoms with Crippen LogP contribution in [0.4, 0.5) is 5.82 Å². The van der Waals surface area contributed by atoms with Crippen molar-refractivity contribution < 1.29 is 4.79 Å². The molecule has 4 nitrogen and oxygen atoms in total. The Kier molecular flexibility index (Phi) is 3.17. The number of aromatic nitrogens is 1. The van der Waals surface area contributed by atoms with E-state index in [4.69, 9.17) is 5.73 Å². The first kappa shape index (κ1) is 12.5. The van der Waals surface area contributed by atoms with Gasteiger partial charge in [0.15, 0.2) is 0 Å². The van der Waals surface area contributed by atoms with Crippen LogP contribution in [-0.2, 0) is 0 Å². The zero-order chi connectivity index (χ0) is 13.3. The molecule has 0 radical (unpaired) electrons. The van der Waals surface area contributed by atoms with Crippen LogP contribution < -0.4 is 5.73 Å². The van der Waals surface area contributed by atoms with Crippen LogP contribution in [0, 0.1) is 5.41 Å². The van der Waals surface area contributed by atoms with Crippen LogP contribution in [0.1, 0.15) is 49.0 Å². The fourth-order valence-electron chi connectivity index (χ4n) is 3.54. The summed E-state index contributed by atoms with van der Waals surface area (Å²) in [5.74, 6) is 0.440. The van der Waals surface area contributed by atoms with E-state index in [9.17, 15) is 4.79 Å². The lowest BCUT2D eigenvalue weighted by molar-refractivity contribution is 0.0582. The highest BCUT2D eigenvalue weighted by atomic mass is 16.2. The number of carbonyl (C=O) groups is 1. The van der Waals surface area contributed by atoms with E-state index >= 15 is 0 Å². The molecule has 1 spiro atoms. The molecule has 2 aliphatic rings. The smallest absolute Gasteiger partial charge is 0.272 e. The molecule has 4 heteroatoms. The van der Waals surface area contributed by atoms with E-state index in [0.29, 0.717) is 16.9 Å². The number of nitrogens with two attached hydrogens (primary N) is 1. The molecule has 1 saturated carbocycles. The van der Waals surface area contributed by atoms with Crippen LogP contribution in [0.3, 0.4) is 0 Å². The standard InChI is InChI=1S/C15H21N3O/c16-13-5-3-4-12(17-13)14(19)18-10-8-15(9-11-18)6-1-2-7-15/h3-5H,1-2,6-11H2,(H2,16,17).